The predicted octanol–water partition coefficient (Wildman–Crippen LogP) is 3.80. The molecule has 0 atom stereocenters. The van der Waals surface area contributed by atoms with Crippen LogP contribution in [0.5, 0.6) is 5.75 Å². The van der Waals surface area contributed by atoms with Crippen molar-refractivity contribution in [3.63, 3.8) is 0 Å². The zero-order valence-corrected chi connectivity index (χ0v) is 19.7. The molecule has 8 nitrogen and oxygen atoms in total. The van der Waals surface area contributed by atoms with E-state index in [2.05, 4.69) is 16.0 Å². The van der Waals surface area contributed by atoms with Gasteiger partial charge < -0.3 is 25.4 Å². The van der Waals surface area contributed by atoms with Crippen LogP contribution in [-0.2, 0) is 27.3 Å². The molecule has 33 heavy (non-hydrogen) atoms. The Bertz CT molecular complexity index is 936. The Morgan fingerprint density at radius 1 is 0.879 bits per heavy atom. The van der Waals surface area contributed by atoms with Crippen LogP contribution in [0.25, 0.3) is 0 Å². The van der Waals surface area contributed by atoms with Crippen molar-refractivity contribution in [3.05, 3.63) is 59.7 Å². The van der Waals surface area contributed by atoms with Crippen molar-refractivity contribution < 1.29 is 23.9 Å². The number of carbonyl (C=O) groups excluding carboxylic acids is 3. The highest BCUT2D eigenvalue weighted by molar-refractivity contribution is 5.90. The van der Waals surface area contributed by atoms with Gasteiger partial charge in [0.1, 0.15) is 11.4 Å². The normalized spacial score (nSPS) is 10.8. The number of hydrogen-bond acceptors (Lipinski definition) is 5. The molecule has 3 N–H and O–H groups in total. The third-order valence-electron chi connectivity index (χ3n) is 4.52. The highest BCUT2D eigenvalue weighted by Gasteiger charge is 2.15. The third-order valence-corrected chi connectivity index (χ3v) is 4.52. The molecule has 0 saturated carbocycles. The van der Waals surface area contributed by atoms with Gasteiger partial charge in [-0.25, -0.2) is 4.79 Å². The first kappa shape index (κ1) is 25.7. The summed E-state index contributed by atoms with van der Waals surface area (Å²) < 4.78 is 10.3. The monoisotopic (exact) mass is 455 g/mol. The maximum atomic E-state index is 12.3. The summed E-state index contributed by atoms with van der Waals surface area (Å²) in [5.41, 5.74) is 2.01. The molecule has 2 aromatic carbocycles. The molecule has 0 aliphatic carbocycles. The molecule has 0 aliphatic rings. The van der Waals surface area contributed by atoms with Gasteiger partial charge in [-0.2, -0.15) is 0 Å². The SMILES string of the molecule is COc1ccc(CCC(=O)Nc2cccc(CNC(=O)CCNC(=O)OC(C)(C)C)c2)cc1. The minimum Gasteiger partial charge on any atom is -0.497 e. The fourth-order valence-corrected chi connectivity index (χ4v) is 2.91. The molecule has 0 aliphatic heterocycles. The van der Waals surface area contributed by atoms with Gasteiger partial charge in [0.05, 0.1) is 7.11 Å². The highest BCUT2D eigenvalue weighted by Crippen LogP contribution is 2.14. The fraction of sp³-hybridized carbons (Fsp3) is 0.400. The standard InChI is InChI=1S/C25H33N3O5/c1-25(2,3)33-24(31)26-15-14-22(29)27-17-19-6-5-7-20(16-19)28-23(30)13-10-18-8-11-21(32-4)12-9-18/h5-9,11-12,16H,10,13-15,17H2,1-4H3,(H,26,31)(H,27,29)(H,28,30). The fourth-order valence-electron chi connectivity index (χ4n) is 2.91. The Morgan fingerprint density at radius 2 is 1.61 bits per heavy atom. The average molecular weight is 456 g/mol. The molecular weight excluding hydrogens is 422 g/mol. The molecule has 0 spiro atoms. The lowest BCUT2D eigenvalue weighted by atomic mass is 10.1. The molecule has 0 saturated heterocycles. The molecule has 0 heterocycles. The Kier molecular flexibility index (Phi) is 9.72. The summed E-state index contributed by atoms with van der Waals surface area (Å²) in [6.07, 6.45) is 0.577. The molecule has 3 amide bonds. The molecule has 2 aromatic rings. The number of rotatable bonds is 10. The van der Waals surface area contributed by atoms with Gasteiger partial charge in [0.25, 0.3) is 0 Å². The quantitative estimate of drug-likeness (QED) is 0.505. The lowest BCUT2D eigenvalue weighted by molar-refractivity contribution is -0.121. The maximum Gasteiger partial charge on any atom is 0.407 e. The predicted molar refractivity (Wildman–Crippen MR) is 127 cm³/mol. The first-order valence-corrected chi connectivity index (χ1v) is 10.9. The van der Waals surface area contributed by atoms with Gasteiger partial charge in [-0.05, 0) is 62.6 Å². The third kappa shape index (κ3) is 10.5. The Morgan fingerprint density at radius 3 is 2.27 bits per heavy atom. The number of alkyl carbamates (subject to hydrolysis) is 1. The van der Waals surface area contributed by atoms with Gasteiger partial charge in [-0.15, -0.1) is 0 Å². The van der Waals surface area contributed by atoms with E-state index in [9.17, 15) is 14.4 Å². The van der Waals surface area contributed by atoms with Gasteiger partial charge in [0.2, 0.25) is 11.8 Å². The number of ether oxygens (including phenoxy) is 2. The van der Waals surface area contributed by atoms with Crippen LogP contribution in [-0.4, -0.2) is 37.2 Å². The van der Waals surface area contributed by atoms with Gasteiger partial charge in [-0.3, -0.25) is 9.59 Å². The molecule has 0 aromatic heterocycles. The molecular formula is C25H33N3O5. The zero-order chi connectivity index (χ0) is 24.3. The number of aryl methyl sites for hydroxylation is 1. The lowest BCUT2D eigenvalue weighted by Crippen LogP contribution is -2.35. The van der Waals surface area contributed by atoms with Gasteiger partial charge >= 0.3 is 6.09 Å². The van der Waals surface area contributed by atoms with Crippen molar-refractivity contribution in [3.8, 4) is 5.75 Å². The number of hydrogen-bond donors (Lipinski definition) is 3. The van der Waals surface area contributed by atoms with Crippen LogP contribution in [0.2, 0.25) is 0 Å². The molecule has 178 valence electrons. The summed E-state index contributed by atoms with van der Waals surface area (Å²) in [7, 11) is 1.62. The van der Waals surface area contributed by atoms with Crippen LogP contribution in [0, 0.1) is 0 Å². The highest BCUT2D eigenvalue weighted by atomic mass is 16.6. The molecule has 8 heteroatoms. The molecule has 0 bridgehead atoms. The number of carbonyl (C=O) groups is 3. The van der Waals surface area contributed by atoms with Gasteiger partial charge in [0, 0.05) is 31.6 Å². The number of methoxy groups -OCH3 is 1. The second kappa shape index (κ2) is 12.5. The maximum absolute atomic E-state index is 12.3. The average Bonchev–Trinajstić information content (AvgIpc) is 2.75. The van der Waals surface area contributed by atoms with E-state index in [1.807, 2.05) is 42.5 Å². The number of benzene rings is 2. The van der Waals surface area contributed by atoms with Crippen molar-refractivity contribution >= 4 is 23.6 Å². The smallest absolute Gasteiger partial charge is 0.407 e. The van der Waals surface area contributed by atoms with E-state index >= 15 is 0 Å². The van der Waals surface area contributed by atoms with E-state index in [-0.39, 0.29) is 24.8 Å². The summed E-state index contributed by atoms with van der Waals surface area (Å²) in [6.45, 7) is 5.83. The summed E-state index contributed by atoms with van der Waals surface area (Å²) in [5, 5.41) is 8.25. The Balaban J connectivity index is 1.72. The topological polar surface area (TPSA) is 106 Å². The largest absolute Gasteiger partial charge is 0.497 e. The number of amides is 3. The van der Waals surface area contributed by atoms with E-state index in [0.29, 0.717) is 25.1 Å². The van der Waals surface area contributed by atoms with E-state index in [0.717, 1.165) is 16.9 Å². The van der Waals surface area contributed by atoms with Crippen LogP contribution in [0.1, 0.15) is 44.7 Å². The second-order valence-corrected chi connectivity index (χ2v) is 8.55. The van der Waals surface area contributed by atoms with E-state index in [1.165, 1.54) is 0 Å². The van der Waals surface area contributed by atoms with E-state index in [4.69, 9.17) is 9.47 Å². The lowest BCUT2D eigenvalue weighted by Gasteiger charge is -2.19. The van der Waals surface area contributed by atoms with Crippen LogP contribution in [0.4, 0.5) is 10.5 Å². The van der Waals surface area contributed by atoms with Crippen LogP contribution < -0.4 is 20.7 Å². The van der Waals surface area contributed by atoms with Crippen molar-refractivity contribution in [2.45, 2.75) is 52.2 Å². The van der Waals surface area contributed by atoms with Crippen molar-refractivity contribution in [1.82, 2.24) is 10.6 Å². The molecule has 0 radical (unpaired) electrons. The van der Waals surface area contributed by atoms with Gasteiger partial charge in [-0.1, -0.05) is 24.3 Å². The van der Waals surface area contributed by atoms with Crippen LogP contribution >= 0.6 is 0 Å². The van der Waals surface area contributed by atoms with Crippen LogP contribution in [0.15, 0.2) is 48.5 Å². The van der Waals surface area contributed by atoms with Gasteiger partial charge in [0.15, 0.2) is 0 Å². The van der Waals surface area contributed by atoms with E-state index in [1.54, 1.807) is 33.9 Å². The summed E-state index contributed by atoms with van der Waals surface area (Å²) in [5.74, 6) is 0.506. The molecule has 0 unspecified atom stereocenters. The molecule has 2 rings (SSSR count). The second-order valence-electron chi connectivity index (χ2n) is 8.55. The van der Waals surface area contributed by atoms with Crippen LogP contribution in [0.3, 0.4) is 0 Å². The Hall–Kier alpha value is -3.55. The summed E-state index contributed by atoms with van der Waals surface area (Å²) in [4.78, 5) is 35.9. The first-order valence-electron chi connectivity index (χ1n) is 10.9. The Labute approximate surface area is 195 Å². The first-order chi connectivity index (χ1) is 15.6. The minimum absolute atomic E-state index is 0.0831. The van der Waals surface area contributed by atoms with E-state index < -0.39 is 11.7 Å². The van der Waals surface area contributed by atoms with Crippen molar-refractivity contribution in [1.29, 1.82) is 0 Å². The molecule has 0 fully saturated rings. The van der Waals surface area contributed by atoms with Crippen molar-refractivity contribution in [2.75, 3.05) is 19.0 Å². The summed E-state index contributed by atoms with van der Waals surface area (Å²) >= 11 is 0. The number of nitrogens with one attached hydrogen (secondary N) is 3. The minimum atomic E-state index is -0.581. The number of anilines is 1. The van der Waals surface area contributed by atoms with Crippen molar-refractivity contribution in [2.24, 2.45) is 0 Å². The zero-order valence-electron chi connectivity index (χ0n) is 19.7. The summed E-state index contributed by atoms with van der Waals surface area (Å²) in [6, 6.07) is 15.0.